The number of hydrogen-bond acceptors (Lipinski definition) is 2. The van der Waals surface area contributed by atoms with Crippen LogP contribution in [0.25, 0.3) is 10.9 Å². The molecule has 0 saturated heterocycles. The maximum atomic E-state index is 12.3. The van der Waals surface area contributed by atoms with E-state index in [0.29, 0.717) is 11.9 Å². The highest BCUT2D eigenvalue weighted by atomic mass is 16.2. The fraction of sp³-hybridized carbons (Fsp3) is 0.333. The largest absolute Gasteiger partial charge is 0.360 e. The van der Waals surface area contributed by atoms with E-state index in [0.717, 1.165) is 23.9 Å². The summed E-state index contributed by atoms with van der Waals surface area (Å²) in [5.41, 5.74) is 1.74. The minimum atomic E-state index is -0.307. The number of carbonyl (C=O) groups excluding carboxylic acids is 1. The molecule has 4 nitrogen and oxygen atoms in total. The van der Waals surface area contributed by atoms with Gasteiger partial charge in [0.2, 0.25) is 5.43 Å². The van der Waals surface area contributed by atoms with Crippen LogP contribution < -0.4 is 10.7 Å². The summed E-state index contributed by atoms with van der Waals surface area (Å²) >= 11 is 0. The van der Waals surface area contributed by atoms with Crippen LogP contribution in [0, 0.1) is 6.92 Å². The summed E-state index contributed by atoms with van der Waals surface area (Å²) in [6.07, 6.45) is 3.42. The number of hydrogen-bond donors (Lipinski definition) is 2. The van der Waals surface area contributed by atoms with Crippen LogP contribution in [-0.4, -0.2) is 17.4 Å². The van der Waals surface area contributed by atoms with Crippen molar-refractivity contribution in [3.05, 3.63) is 45.7 Å². The fourth-order valence-electron chi connectivity index (χ4n) is 2.05. The predicted octanol–water partition coefficient (Wildman–Crippen LogP) is 2.37. The van der Waals surface area contributed by atoms with E-state index < -0.39 is 0 Å². The molecule has 0 aliphatic rings. The maximum absolute atomic E-state index is 12.3. The molecule has 4 heteroatoms. The smallest absolute Gasteiger partial charge is 0.256 e. The molecule has 1 aromatic carbocycles. The molecule has 2 N–H and O–H groups in total. The van der Waals surface area contributed by atoms with Crippen molar-refractivity contribution in [3.8, 4) is 0 Å². The molecule has 1 heterocycles. The number of pyridine rings is 1. The Hall–Kier alpha value is -2.10. The molecule has 1 amide bonds. The van der Waals surface area contributed by atoms with Gasteiger partial charge in [-0.15, -0.1) is 0 Å². The molecule has 1 aromatic heterocycles. The molecule has 0 aliphatic carbocycles. The van der Waals surface area contributed by atoms with Crippen LogP contribution in [0.5, 0.6) is 0 Å². The molecule has 0 fully saturated rings. The van der Waals surface area contributed by atoms with Crippen LogP contribution in [0.3, 0.4) is 0 Å². The molecule has 19 heavy (non-hydrogen) atoms. The lowest BCUT2D eigenvalue weighted by Gasteiger charge is -2.06. The van der Waals surface area contributed by atoms with Crippen LogP contribution in [0.2, 0.25) is 0 Å². The average molecular weight is 258 g/mol. The van der Waals surface area contributed by atoms with Crippen molar-refractivity contribution in [1.82, 2.24) is 10.3 Å². The Bertz CT molecular complexity index is 659. The van der Waals surface area contributed by atoms with Crippen molar-refractivity contribution in [1.29, 1.82) is 0 Å². The second-order valence-corrected chi connectivity index (χ2v) is 4.64. The van der Waals surface area contributed by atoms with Crippen molar-refractivity contribution < 1.29 is 4.79 Å². The minimum absolute atomic E-state index is 0.175. The van der Waals surface area contributed by atoms with Gasteiger partial charge >= 0.3 is 0 Å². The summed E-state index contributed by atoms with van der Waals surface area (Å²) in [5.74, 6) is -0.307. The molecule has 2 aromatic rings. The summed E-state index contributed by atoms with van der Waals surface area (Å²) in [6.45, 7) is 4.58. The standard InChI is InChI=1S/C15H18N2O2/c1-3-4-8-16-15(19)12-9-17-13-10(2)6-5-7-11(13)14(12)18/h5-7,9H,3-4,8H2,1-2H3,(H,16,19)(H,17,18). The second-order valence-electron chi connectivity index (χ2n) is 4.64. The average Bonchev–Trinajstić information content (AvgIpc) is 2.40. The summed E-state index contributed by atoms with van der Waals surface area (Å²) in [4.78, 5) is 27.3. The summed E-state index contributed by atoms with van der Waals surface area (Å²) < 4.78 is 0. The van der Waals surface area contributed by atoms with E-state index in [-0.39, 0.29) is 16.9 Å². The van der Waals surface area contributed by atoms with Crippen LogP contribution in [-0.2, 0) is 0 Å². The van der Waals surface area contributed by atoms with E-state index in [1.807, 2.05) is 19.1 Å². The molecule has 0 aliphatic heterocycles. The Balaban J connectivity index is 2.38. The molecule has 0 radical (unpaired) electrons. The van der Waals surface area contributed by atoms with Gasteiger partial charge in [-0.1, -0.05) is 25.5 Å². The topological polar surface area (TPSA) is 62.0 Å². The highest BCUT2D eigenvalue weighted by Gasteiger charge is 2.12. The Labute approximate surface area is 111 Å². The molecule has 0 spiro atoms. The molecule has 2 rings (SSSR count). The van der Waals surface area contributed by atoms with Crippen molar-refractivity contribution in [2.24, 2.45) is 0 Å². The monoisotopic (exact) mass is 258 g/mol. The normalized spacial score (nSPS) is 10.6. The highest BCUT2D eigenvalue weighted by Crippen LogP contribution is 2.12. The third-order valence-electron chi connectivity index (χ3n) is 3.18. The molecule has 100 valence electrons. The van der Waals surface area contributed by atoms with Gasteiger partial charge in [0.25, 0.3) is 5.91 Å². The van der Waals surface area contributed by atoms with E-state index in [9.17, 15) is 9.59 Å². The van der Waals surface area contributed by atoms with Gasteiger partial charge in [-0.25, -0.2) is 0 Å². The van der Waals surface area contributed by atoms with Gasteiger partial charge < -0.3 is 10.3 Å². The van der Waals surface area contributed by atoms with Gasteiger partial charge in [-0.05, 0) is 25.0 Å². The van der Waals surface area contributed by atoms with Gasteiger partial charge in [0, 0.05) is 18.1 Å². The fourth-order valence-corrected chi connectivity index (χ4v) is 2.05. The van der Waals surface area contributed by atoms with E-state index in [2.05, 4.69) is 17.2 Å². The van der Waals surface area contributed by atoms with Crippen LogP contribution in [0.4, 0.5) is 0 Å². The Morgan fingerprint density at radius 3 is 2.89 bits per heavy atom. The highest BCUT2D eigenvalue weighted by molar-refractivity contribution is 5.97. The Kier molecular flexibility index (Phi) is 4.00. The number of aryl methyl sites for hydroxylation is 1. The first-order chi connectivity index (χ1) is 9.15. The minimum Gasteiger partial charge on any atom is -0.360 e. The van der Waals surface area contributed by atoms with Crippen molar-refractivity contribution in [2.75, 3.05) is 6.54 Å². The maximum Gasteiger partial charge on any atom is 0.256 e. The van der Waals surface area contributed by atoms with Gasteiger partial charge in [0.15, 0.2) is 0 Å². The lowest BCUT2D eigenvalue weighted by Crippen LogP contribution is -2.29. The Morgan fingerprint density at radius 1 is 1.37 bits per heavy atom. The van der Waals surface area contributed by atoms with Crippen LogP contribution >= 0.6 is 0 Å². The molecular formula is C15H18N2O2. The third kappa shape index (κ3) is 2.67. The van der Waals surface area contributed by atoms with E-state index in [1.165, 1.54) is 6.20 Å². The number of rotatable bonds is 4. The summed E-state index contributed by atoms with van der Waals surface area (Å²) in [6, 6.07) is 5.49. The van der Waals surface area contributed by atoms with Gasteiger partial charge in [0.1, 0.15) is 5.56 Å². The number of benzene rings is 1. The van der Waals surface area contributed by atoms with Crippen molar-refractivity contribution in [3.63, 3.8) is 0 Å². The Morgan fingerprint density at radius 2 is 2.16 bits per heavy atom. The molecule has 0 saturated carbocycles. The van der Waals surface area contributed by atoms with E-state index >= 15 is 0 Å². The second kappa shape index (κ2) is 5.69. The lowest BCUT2D eigenvalue weighted by atomic mass is 10.1. The number of carbonyl (C=O) groups is 1. The molecule has 0 atom stereocenters. The third-order valence-corrected chi connectivity index (χ3v) is 3.18. The van der Waals surface area contributed by atoms with Crippen molar-refractivity contribution >= 4 is 16.8 Å². The SMILES string of the molecule is CCCCNC(=O)c1c[nH]c2c(C)cccc2c1=O. The predicted molar refractivity (Wildman–Crippen MR) is 76.5 cm³/mol. The number of aromatic amines is 1. The van der Waals surface area contributed by atoms with E-state index in [1.54, 1.807) is 6.07 Å². The first-order valence-electron chi connectivity index (χ1n) is 6.54. The number of nitrogens with one attached hydrogen (secondary N) is 2. The van der Waals surface area contributed by atoms with Gasteiger partial charge in [-0.2, -0.15) is 0 Å². The first kappa shape index (κ1) is 13.3. The first-order valence-corrected chi connectivity index (χ1v) is 6.54. The van der Waals surface area contributed by atoms with Gasteiger partial charge in [-0.3, -0.25) is 9.59 Å². The molecule has 0 bridgehead atoms. The number of unbranched alkanes of at least 4 members (excludes halogenated alkanes) is 1. The number of amides is 1. The number of aromatic nitrogens is 1. The van der Waals surface area contributed by atoms with E-state index in [4.69, 9.17) is 0 Å². The number of fused-ring (bicyclic) bond motifs is 1. The van der Waals surface area contributed by atoms with Crippen LogP contribution in [0.1, 0.15) is 35.7 Å². The quantitative estimate of drug-likeness (QED) is 0.827. The summed E-state index contributed by atoms with van der Waals surface area (Å²) in [7, 11) is 0. The van der Waals surface area contributed by atoms with Crippen LogP contribution in [0.15, 0.2) is 29.2 Å². The van der Waals surface area contributed by atoms with Crippen molar-refractivity contribution in [2.45, 2.75) is 26.7 Å². The number of H-pyrrole nitrogens is 1. The molecular weight excluding hydrogens is 240 g/mol. The van der Waals surface area contributed by atoms with Gasteiger partial charge in [0.05, 0.1) is 5.52 Å². The number of para-hydroxylation sites is 1. The summed E-state index contributed by atoms with van der Waals surface area (Å²) in [5, 5.41) is 3.32. The zero-order valence-corrected chi connectivity index (χ0v) is 11.2. The molecule has 0 unspecified atom stereocenters. The zero-order chi connectivity index (χ0) is 13.8. The zero-order valence-electron chi connectivity index (χ0n) is 11.2. The lowest BCUT2D eigenvalue weighted by molar-refractivity contribution is 0.0952.